The van der Waals surface area contributed by atoms with Crippen molar-refractivity contribution >= 4 is 34.2 Å². The summed E-state index contributed by atoms with van der Waals surface area (Å²) in [6.45, 7) is 1.66. The van der Waals surface area contributed by atoms with Gasteiger partial charge in [0, 0.05) is 18.0 Å². The number of fused-ring (bicyclic) bond motifs is 4. The summed E-state index contributed by atoms with van der Waals surface area (Å²) in [4.78, 5) is 33.7. The van der Waals surface area contributed by atoms with Gasteiger partial charge in [0.05, 0.1) is 28.0 Å². The van der Waals surface area contributed by atoms with Gasteiger partial charge in [0.2, 0.25) is 0 Å². The van der Waals surface area contributed by atoms with Crippen LogP contribution in [0.5, 0.6) is 0 Å². The Kier molecular flexibility index (Phi) is 6.20. The van der Waals surface area contributed by atoms with Crippen molar-refractivity contribution < 1.29 is 27.5 Å². The second-order valence-corrected chi connectivity index (χ2v) is 10.8. The van der Waals surface area contributed by atoms with E-state index in [1.54, 1.807) is 6.92 Å². The maximum Gasteiger partial charge on any atom is 0.394 e. The van der Waals surface area contributed by atoms with Crippen LogP contribution in [-0.2, 0) is 12.5 Å². The minimum atomic E-state index is -4.28. The molecule has 0 saturated heterocycles. The molecule has 3 fully saturated rings. The monoisotopic (exact) mass is 552 g/mol. The highest BCUT2D eigenvalue weighted by atomic mass is 35.5. The molecule has 3 aliphatic carbocycles. The number of pyridine rings is 1. The number of rotatable bonds is 5. The summed E-state index contributed by atoms with van der Waals surface area (Å²) in [6.07, 6.45) is -3.61. The van der Waals surface area contributed by atoms with Gasteiger partial charge < -0.3 is 10.4 Å². The second kappa shape index (κ2) is 8.93. The van der Waals surface area contributed by atoms with Crippen LogP contribution in [0.2, 0.25) is 5.15 Å². The zero-order valence-corrected chi connectivity index (χ0v) is 21.4. The minimum absolute atomic E-state index is 0.0135. The van der Waals surface area contributed by atoms with Gasteiger partial charge in [0.25, 0.3) is 5.56 Å². The molecule has 2 N–H and O–H groups in total. The first-order chi connectivity index (χ1) is 17.8. The average molecular weight is 553 g/mol. The van der Waals surface area contributed by atoms with Crippen molar-refractivity contribution in [2.45, 2.75) is 63.1 Å². The normalized spacial score (nSPS) is 24.0. The number of carboxylic acids is 1. The van der Waals surface area contributed by atoms with E-state index < -0.39 is 40.4 Å². The van der Waals surface area contributed by atoms with Crippen molar-refractivity contribution in [2.75, 3.05) is 5.32 Å². The molecule has 202 valence electrons. The Morgan fingerprint density at radius 3 is 2.34 bits per heavy atom. The molecule has 3 saturated carbocycles. The van der Waals surface area contributed by atoms with Crippen molar-refractivity contribution in [1.82, 2.24) is 14.5 Å². The number of anilines is 1. The average Bonchev–Trinajstić information content (AvgIpc) is 2.87. The molecule has 0 spiro atoms. The van der Waals surface area contributed by atoms with Gasteiger partial charge in [-0.15, -0.1) is 0 Å². The summed E-state index contributed by atoms with van der Waals surface area (Å²) in [5, 5.41) is 12.5. The number of halogens is 5. The highest BCUT2D eigenvalue weighted by molar-refractivity contribution is 6.29. The second-order valence-electron chi connectivity index (χ2n) is 10.5. The van der Waals surface area contributed by atoms with Crippen LogP contribution in [0.15, 0.2) is 29.1 Å². The van der Waals surface area contributed by atoms with Crippen LogP contribution in [-0.4, -0.2) is 31.8 Å². The molecule has 1 aromatic carbocycles. The predicted octanol–water partition coefficient (Wildman–Crippen LogP) is 6.15. The van der Waals surface area contributed by atoms with E-state index in [0.29, 0.717) is 11.4 Å². The lowest BCUT2D eigenvalue weighted by Crippen LogP contribution is -2.52. The molecular weight excluding hydrogens is 528 g/mol. The fourth-order valence-corrected chi connectivity index (χ4v) is 6.29. The van der Waals surface area contributed by atoms with Crippen LogP contribution >= 0.6 is 11.6 Å². The molecule has 0 unspecified atom stereocenters. The molecule has 1 atom stereocenters. The quantitative estimate of drug-likeness (QED) is 0.291. The Morgan fingerprint density at radius 2 is 1.76 bits per heavy atom. The number of nitrogens with one attached hydrogen (secondary N) is 1. The highest BCUT2D eigenvalue weighted by Gasteiger charge is 2.62. The minimum Gasteiger partial charge on any atom is -0.476 e. The van der Waals surface area contributed by atoms with Crippen LogP contribution in [0.25, 0.3) is 10.9 Å². The first kappa shape index (κ1) is 26.4. The Bertz CT molecular complexity index is 1500. The van der Waals surface area contributed by atoms with E-state index in [1.165, 1.54) is 29.8 Å². The van der Waals surface area contributed by atoms with Gasteiger partial charge in [-0.2, -0.15) is 13.2 Å². The summed E-state index contributed by atoms with van der Waals surface area (Å²) in [5.74, 6) is -1.60. The molecule has 6 rings (SSSR count). The van der Waals surface area contributed by atoms with Crippen molar-refractivity contribution in [3.8, 4) is 0 Å². The zero-order valence-electron chi connectivity index (χ0n) is 20.6. The maximum atomic E-state index is 14.7. The smallest absolute Gasteiger partial charge is 0.394 e. The van der Waals surface area contributed by atoms with E-state index in [4.69, 9.17) is 16.6 Å². The number of benzene rings is 1. The lowest BCUT2D eigenvalue weighted by Gasteiger charge is -2.53. The van der Waals surface area contributed by atoms with E-state index in [1.807, 2.05) is 0 Å². The van der Waals surface area contributed by atoms with Gasteiger partial charge in [-0.25, -0.2) is 19.2 Å². The Balaban J connectivity index is 1.60. The SMILES string of the molecule is C[C@@H](Nc1ccc(Cl)nc1C(=O)O)c1cc(F)cc2c(=O)n(C)c(C34CCC(C(F)(F)F)(CC3)CC4)nc12. The molecule has 12 heteroatoms. The molecule has 38 heavy (non-hydrogen) atoms. The van der Waals surface area contributed by atoms with Crippen LogP contribution < -0.4 is 10.9 Å². The molecule has 2 aromatic heterocycles. The van der Waals surface area contributed by atoms with Gasteiger partial charge in [-0.3, -0.25) is 9.36 Å². The van der Waals surface area contributed by atoms with Crippen molar-refractivity contribution in [1.29, 1.82) is 0 Å². The van der Waals surface area contributed by atoms with E-state index in [9.17, 15) is 32.3 Å². The molecule has 7 nitrogen and oxygen atoms in total. The van der Waals surface area contributed by atoms with Crippen molar-refractivity contribution in [3.63, 3.8) is 0 Å². The number of aromatic nitrogens is 3. The molecule has 3 aromatic rings. The van der Waals surface area contributed by atoms with Gasteiger partial charge in [-0.05, 0) is 69.7 Å². The van der Waals surface area contributed by atoms with E-state index in [2.05, 4.69) is 10.3 Å². The third-order valence-electron chi connectivity index (χ3n) is 8.40. The van der Waals surface area contributed by atoms with Gasteiger partial charge in [0.1, 0.15) is 16.8 Å². The summed E-state index contributed by atoms with van der Waals surface area (Å²) in [7, 11) is 1.52. The van der Waals surface area contributed by atoms with Crippen molar-refractivity contribution in [3.05, 3.63) is 62.7 Å². The lowest BCUT2D eigenvalue weighted by atomic mass is 9.53. The predicted molar refractivity (Wildman–Crippen MR) is 133 cm³/mol. The van der Waals surface area contributed by atoms with E-state index in [0.717, 1.165) is 6.07 Å². The number of carboxylic acid groups (broad SMARTS) is 1. The molecule has 0 amide bonds. The largest absolute Gasteiger partial charge is 0.476 e. The zero-order chi connectivity index (χ0) is 27.6. The first-order valence-electron chi connectivity index (χ1n) is 12.2. The number of hydrogen-bond acceptors (Lipinski definition) is 5. The highest BCUT2D eigenvalue weighted by Crippen LogP contribution is 2.62. The third-order valence-corrected chi connectivity index (χ3v) is 8.61. The molecule has 2 heterocycles. The summed E-state index contributed by atoms with van der Waals surface area (Å²) in [5.41, 5.74) is -2.54. The Hall–Kier alpha value is -3.21. The van der Waals surface area contributed by atoms with Crippen LogP contribution in [0.1, 0.15) is 73.4 Å². The molecule has 2 bridgehead atoms. The molecular formula is C26H25ClF4N4O3. The molecule has 0 aliphatic heterocycles. The number of carbonyl (C=O) groups is 1. The van der Waals surface area contributed by atoms with Gasteiger partial charge in [-0.1, -0.05) is 11.6 Å². The fourth-order valence-electron chi connectivity index (χ4n) is 6.14. The number of nitrogens with zero attached hydrogens (tertiary/aromatic N) is 3. The number of alkyl halides is 3. The summed E-state index contributed by atoms with van der Waals surface area (Å²) >= 11 is 5.84. The standard InChI is InChI=1S/C26H25ClF4N4O3/c1-13(32-17-3-4-18(27)33-20(17)22(37)38)15-11-14(28)12-16-19(15)34-23(35(2)21(16)36)24-5-8-25(9-6-24,10-7-24)26(29,30)31/h3-4,11-13,32H,5-10H2,1-2H3,(H,37,38)/t13-,24?,25?/m1/s1. The van der Waals surface area contributed by atoms with Crippen LogP contribution in [0.3, 0.4) is 0 Å². The molecule has 3 aliphatic rings. The number of aromatic carboxylic acids is 1. The maximum absolute atomic E-state index is 14.7. The van der Waals surface area contributed by atoms with Gasteiger partial charge >= 0.3 is 12.1 Å². The lowest BCUT2D eigenvalue weighted by molar-refractivity contribution is -0.254. The number of hydrogen-bond donors (Lipinski definition) is 2. The van der Waals surface area contributed by atoms with Crippen LogP contribution in [0, 0.1) is 11.2 Å². The fraction of sp³-hybridized carbons (Fsp3) is 0.462. The third kappa shape index (κ3) is 4.11. The Morgan fingerprint density at radius 1 is 1.13 bits per heavy atom. The van der Waals surface area contributed by atoms with Crippen LogP contribution in [0.4, 0.5) is 23.2 Å². The van der Waals surface area contributed by atoms with E-state index >= 15 is 0 Å². The first-order valence-corrected chi connectivity index (χ1v) is 12.6. The van der Waals surface area contributed by atoms with Gasteiger partial charge in [0.15, 0.2) is 5.69 Å². The van der Waals surface area contributed by atoms with Crippen molar-refractivity contribution in [2.24, 2.45) is 12.5 Å². The summed E-state index contributed by atoms with van der Waals surface area (Å²) in [6, 6.07) is 4.43. The Labute approximate surface area is 219 Å². The topological polar surface area (TPSA) is 97.1 Å². The molecule has 0 radical (unpaired) electrons. The summed E-state index contributed by atoms with van der Waals surface area (Å²) < 4.78 is 57.4. The van der Waals surface area contributed by atoms with E-state index in [-0.39, 0.29) is 66.0 Å².